The Morgan fingerprint density at radius 2 is 0.549 bits per heavy atom. The first-order valence-electron chi connectivity index (χ1n) is 24.2. The van der Waals surface area contributed by atoms with Crippen LogP contribution in [0.1, 0.15) is 55.6 Å². The van der Waals surface area contributed by atoms with Gasteiger partial charge in [-0.25, -0.2) is 0 Å². The van der Waals surface area contributed by atoms with E-state index in [-0.39, 0.29) is 0 Å². The van der Waals surface area contributed by atoms with E-state index in [1.807, 2.05) is 194 Å². The van der Waals surface area contributed by atoms with Gasteiger partial charge in [-0.3, -0.25) is 0 Å². The van der Waals surface area contributed by atoms with Crippen molar-refractivity contribution in [1.29, 1.82) is 0 Å². The summed E-state index contributed by atoms with van der Waals surface area (Å²) in [6, 6.07) is 88.9. The molecular weight excluding hydrogens is 905 g/mol. The van der Waals surface area contributed by atoms with Crippen LogP contribution in [0.2, 0.25) is 0 Å². The average Bonchev–Trinajstić information content (AvgIpc) is 4.02. The van der Waals surface area contributed by atoms with Gasteiger partial charge in [0.1, 0.15) is 0 Å². The van der Waals surface area contributed by atoms with Gasteiger partial charge >= 0.3 is 422 Å². The summed E-state index contributed by atoms with van der Waals surface area (Å²) >= 11 is -5.68. The van der Waals surface area contributed by atoms with E-state index in [0.29, 0.717) is 12.8 Å². The third-order valence-electron chi connectivity index (χ3n) is 14.7. The monoisotopic (exact) mass is 952 g/mol. The maximum atomic E-state index is 17.1. The van der Waals surface area contributed by atoms with Crippen LogP contribution in [0, 0.1) is 0 Å². The molecule has 0 saturated heterocycles. The van der Waals surface area contributed by atoms with Crippen molar-refractivity contribution in [3.05, 3.63) is 323 Å². The first kappa shape index (κ1) is 44.1. The quantitative estimate of drug-likeness (QED) is 0.0904. The average molecular weight is 953 g/mol. The van der Waals surface area contributed by atoms with Gasteiger partial charge < -0.3 is 0 Å². The predicted octanol–water partition coefficient (Wildman–Crippen LogP) is 12.9. The summed E-state index contributed by atoms with van der Waals surface area (Å²) < 4.78 is 17.5. The van der Waals surface area contributed by atoms with Gasteiger partial charge in [0.05, 0.1) is 0 Å². The first-order chi connectivity index (χ1) is 35.0. The number of hydrogen-bond acceptors (Lipinski definition) is 4. The zero-order valence-corrected chi connectivity index (χ0v) is 40.5. The molecule has 5 heteroatoms. The molecule has 0 saturated carbocycles. The fourth-order valence-electron chi connectivity index (χ4n) is 11.6. The van der Waals surface area contributed by atoms with Gasteiger partial charge in [0.15, 0.2) is 0 Å². The van der Waals surface area contributed by atoms with E-state index < -0.39 is 40.1 Å². The zero-order chi connectivity index (χ0) is 47.8. The molecule has 10 aromatic carbocycles. The van der Waals surface area contributed by atoms with Crippen LogP contribution in [0.15, 0.2) is 267 Å². The second-order valence-corrected chi connectivity index (χ2v) is 22.7. The molecule has 0 heterocycles. The molecule has 10 aromatic rings. The molecule has 0 fully saturated rings. The molecule has 12 rings (SSSR count). The van der Waals surface area contributed by atoms with Crippen LogP contribution in [0.5, 0.6) is 0 Å². The van der Waals surface area contributed by atoms with Crippen LogP contribution in [0.3, 0.4) is 0 Å². The summed E-state index contributed by atoms with van der Waals surface area (Å²) in [7, 11) is 0. The number of fused-ring (bicyclic) bond motifs is 6. The normalized spacial score (nSPS) is 12.5. The molecule has 4 nitrogen and oxygen atoms in total. The van der Waals surface area contributed by atoms with Crippen LogP contribution in [-0.4, -0.2) is 11.9 Å². The standard InChI is InChI=1S/2C20H16O2.2C13H9.Ti/c2*21-19(22)20(16-10-4-1-5-11-16,17-12-6-2-7-13-17)18-14-8-3-9-15-18;2*1-3-7-12-10(5-1)9-11-6-2-4-8-13(11)12;/h2*1-15H,(H,21,22);2*1-5,7-8H,9H2;/q;;;;+2/p-2. The molecular formula is C66H48O4Ti. The predicted molar refractivity (Wildman–Crippen MR) is 279 cm³/mol. The van der Waals surface area contributed by atoms with E-state index in [1.165, 1.54) is 0 Å². The van der Waals surface area contributed by atoms with Gasteiger partial charge in [-0.1, -0.05) is 0 Å². The minimum atomic E-state index is -5.68. The summed E-state index contributed by atoms with van der Waals surface area (Å²) in [6.07, 6.45) is 1.14. The van der Waals surface area contributed by atoms with Crippen molar-refractivity contribution < 1.29 is 33.6 Å². The fraction of sp³-hybridized carbons (Fsp3) is 0.0606. The third kappa shape index (κ3) is 7.17. The Bertz CT molecular complexity index is 3130. The fourth-order valence-corrected chi connectivity index (χ4v) is 17.0. The van der Waals surface area contributed by atoms with Gasteiger partial charge in [0, 0.05) is 0 Å². The van der Waals surface area contributed by atoms with Crippen LogP contribution in [0.25, 0.3) is 22.3 Å². The van der Waals surface area contributed by atoms with E-state index in [1.54, 1.807) is 0 Å². The zero-order valence-electron chi connectivity index (χ0n) is 39.0. The van der Waals surface area contributed by atoms with E-state index in [9.17, 15) is 0 Å². The van der Waals surface area contributed by atoms with Crippen molar-refractivity contribution in [2.75, 3.05) is 0 Å². The van der Waals surface area contributed by atoms with Gasteiger partial charge in [-0.2, -0.15) is 0 Å². The van der Waals surface area contributed by atoms with Gasteiger partial charge in [-0.05, 0) is 0 Å². The molecule has 0 bridgehead atoms. The Hall–Kier alpha value is -8.15. The number of carbonyl (C=O) groups is 2. The molecule has 0 atom stereocenters. The Balaban J connectivity index is 1.21. The topological polar surface area (TPSA) is 52.6 Å². The molecule has 0 aliphatic heterocycles. The van der Waals surface area contributed by atoms with Gasteiger partial charge in [-0.15, -0.1) is 0 Å². The molecule has 71 heavy (non-hydrogen) atoms. The molecule has 340 valence electrons. The number of hydrogen-bond donors (Lipinski definition) is 0. The van der Waals surface area contributed by atoms with Crippen molar-refractivity contribution in [1.82, 2.24) is 0 Å². The summed E-state index contributed by atoms with van der Waals surface area (Å²) in [5.74, 6) is -1.06. The molecule has 0 spiro atoms. The minimum absolute atomic E-state index is 0.528. The second kappa shape index (κ2) is 18.3. The maximum absolute atomic E-state index is 17.1. The van der Waals surface area contributed by atoms with Crippen LogP contribution < -0.4 is 7.74 Å². The number of rotatable bonds is 12. The van der Waals surface area contributed by atoms with Crippen LogP contribution >= 0.6 is 0 Å². The van der Waals surface area contributed by atoms with Crippen LogP contribution in [-0.2, 0) is 57.3 Å². The molecule has 2 aliphatic carbocycles. The SMILES string of the molecule is O=C([O][Ti]([O]C(=O)C(c1ccccc1)(c1ccccc1)c1ccccc1)([c]1cccc2c1Cc1ccccc1-2)[c]1cccc2c1Cc1ccccc1-2)C(c1ccccc1)(c1ccccc1)c1ccccc1. The summed E-state index contributed by atoms with van der Waals surface area (Å²) in [6.45, 7) is 0. The van der Waals surface area contributed by atoms with Gasteiger partial charge in [0.2, 0.25) is 0 Å². The molecule has 0 amide bonds. The van der Waals surface area contributed by atoms with Crippen molar-refractivity contribution in [3.63, 3.8) is 0 Å². The first-order valence-corrected chi connectivity index (χ1v) is 27.1. The van der Waals surface area contributed by atoms with Crippen molar-refractivity contribution in [2.24, 2.45) is 0 Å². The van der Waals surface area contributed by atoms with Crippen molar-refractivity contribution in [2.45, 2.75) is 23.7 Å². The summed E-state index contributed by atoms with van der Waals surface area (Å²) in [5.41, 5.74) is 9.98. The van der Waals surface area contributed by atoms with E-state index in [0.717, 1.165) is 85.6 Å². The summed E-state index contributed by atoms with van der Waals surface area (Å²) in [5, 5.41) is 0. The van der Waals surface area contributed by atoms with E-state index in [4.69, 9.17) is 6.64 Å². The van der Waals surface area contributed by atoms with Gasteiger partial charge in [0.25, 0.3) is 0 Å². The molecule has 0 unspecified atom stereocenters. The van der Waals surface area contributed by atoms with E-state index in [2.05, 4.69) is 72.8 Å². The Kier molecular flexibility index (Phi) is 11.4. The number of benzene rings is 10. The Labute approximate surface area is 419 Å². The number of carbonyl (C=O) groups excluding carboxylic acids is 2. The van der Waals surface area contributed by atoms with Crippen molar-refractivity contribution in [3.8, 4) is 22.3 Å². The third-order valence-corrected chi connectivity index (χ3v) is 19.9. The molecule has 0 aromatic heterocycles. The Morgan fingerprint density at radius 1 is 0.296 bits per heavy atom. The second-order valence-electron chi connectivity index (χ2n) is 18.4. The molecule has 0 radical (unpaired) electrons. The van der Waals surface area contributed by atoms with Crippen LogP contribution in [0.4, 0.5) is 0 Å². The molecule has 0 N–H and O–H groups in total. The Morgan fingerprint density at radius 3 is 0.845 bits per heavy atom. The summed E-state index contributed by atoms with van der Waals surface area (Å²) in [4.78, 5) is 34.3. The van der Waals surface area contributed by atoms with E-state index >= 15 is 9.59 Å². The van der Waals surface area contributed by atoms with Crippen molar-refractivity contribution >= 4 is 19.7 Å². The molecule has 2 aliphatic rings.